The predicted molar refractivity (Wildman–Crippen MR) is 103 cm³/mol. The van der Waals surface area contributed by atoms with Gasteiger partial charge in [-0.2, -0.15) is 0 Å². The number of rotatable bonds is 7. The summed E-state index contributed by atoms with van der Waals surface area (Å²) in [5.74, 6) is -1.72. The maximum absolute atomic E-state index is 13.0. The van der Waals surface area contributed by atoms with E-state index >= 15 is 0 Å². The fourth-order valence-corrected chi connectivity index (χ4v) is 3.43. The SMILES string of the molecule is O=C(N[C@H](Cc1ccccc1)C(=O)N1CCC[C@H]1C(=O)[O-])OCc1ccccc1. The van der Waals surface area contributed by atoms with Crippen molar-refractivity contribution in [3.8, 4) is 0 Å². The summed E-state index contributed by atoms with van der Waals surface area (Å²) in [6.07, 6.45) is 0.439. The van der Waals surface area contributed by atoms with Crippen LogP contribution in [0.4, 0.5) is 4.79 Å². The molecule has 2 aromatic carbocycles. The predicted octanol–water partition coefficient (Wildman–Crippen LogP) is 1.26. The maximum Gasteiger partial charge on any atom is 0.408 e. The van der Waals surface area contributed by atoms with Crippen molar-refractivity contribution in [3.63, 3.8) is 0 Å². The Morgan fingerprint density at radius 3 is 2.28 bits per heavy atom. The minimum atomic E-state index is -1.28. The lowest BCUT2D eigenvalue weighted by Gasteiger charge is -2.29. The van der Waals surface area contributed by atoms with E-state index < -0.39 is 30.1 Å². The molecule has 3 rings (SSSR count). The largest absolute Gasteiger partial charge is 0.548 e. The summed E-state index contributed by atoms with van der Waals surface area (Å²) < 4.78 is 5.23. The summed E-state index contributed by atoms with van der Waals surface area (Å²) in [6, 6.07) is 16.5. The van der Waals surface area contributed by atoms with Crippen LogP contribution in [-0.2, 0) is 27.4 Å². The number of nitrogens with zero attached hydrogens (tertiary/aromatic N) is 1. The average Bonchev–Trinajstić information content (AvgIpc) is 3.23. The molecule has 1 saturated heterocycles. The van der Waals surface area contributed by atoms with Crippen LogP contribution >= 0.6 is 0 Å². The Hall–Kier alpha value is -3.35. The van der Waals surface area contributed by atoms with Crippen LogP contribution in [-0.4, -0.2) is 41.5 Å². The first-order chi connectivity index (χ1) is 14.0. The van der Waals surface area contributed by atoms with Crippen LogP contribution in [0.2, 0.25) is 0 Å². The lowest BCUT2D eigenvalue weighted by Crippen LogP contribution is -2.54. The molecule has 0 unspecified atom stereocenters. The lowest BCUT2D eigenvalue weighted by atomic mass is 10.0. The standard InChI is InChI=1S/C22H24N2O5/c25-20(24-13-7-12-19(24)21(26)27)18(14-16-8-3-1-4-9-16)23-22(28)29-15-17-10-5-2-6-11-17/h1-6,8-11,18-19H,7,12-15H2,(H,23,28)(H,26,27)/p-1/t18-,19+/m1/s1. The number of hydrogen-bond acceptors (Lipinski definition) is 5. The van der Waals surface area contributed by atoms with Gasteiger partial charge >= 0.3 is 6.09 Å². The number of nitrogens with one attached hydrogen (secondary N) is 1. The second-order valence-corrected chi connectivity index (χ2v) is 6.96. The number of aliphatic carboxylic acids is 1. The van der Waals surface area contributed by atoms with Crippen LogP contribution in [0.1, 0.15) is 24.0 Å². The van der Waals surface area contributed by atoms with Gasteiger partial charge in [-0.3, -0.25) is 4.79 Å². The molecule has 29 heavy (non-hydrogen) atoms. The van der Waals surface area contributed by atoms with Gasteiger partial charge in [-0.25, -0.2) is 4.79 Å². The Bertz CT molecular complexity index is 841. The first-order valence-electron chi connectivity index (χ1n) is 9.57. The minimum Gasteiger partial charge on any atom is -0.548 e. The van der Waals surface area contributed by atoms with E-state index in [0.29, 0.717) is 19.4 Å². The van der Waals surface area contributed by atoms with Crippen molar-refractivity contribution in [3.05, 3.63) is 71.8 Å². The van der Waals surface area contributed by atoms with Crippen LogP contribution in [0.15, 0.2) is 60.7 Å². The first-order valence-corrected chi connectivity index (χ1v) is 9.57. The molecule has 1 aliphatic heterocycles. The highest BCUT2D eigenvalue weighted by molar-refractivity contribution is 5.89. The van der Waals surface area contributed by atoms with Gasteiger partial charge in [-0.05, 0) is 24.0 Å². The van der Waals surface area contributed by atoms with E-state index in [1.807, 2.05) is 60.7 Å². The summed E-state index contributed by atoms with van der Waals surface area (Å²) >= 11 is 0. The molecule has 0 radical (unpaired) electrons. The monoisotopic (exact) mass is 395 g/mol. The van der Waals surface area contributed by atoms with Crippen LogP contribution < -0.4 is 10.4 Å². The molecule has 1 fully saturated rings. The zero-order chi connectivity index (χ0) is 20.6. The van der Waals surface area contributed by atoms with Crippen molar-refractivity contribution < 1.29 is 24.2 Å². The third kappa shape index (κ3) is 5.57. The van der Waals surface area contributed by atoms with Crippen molar-refractivity contribution in [2.24, 2.45) is 0 Å². The minimum absolute atomic E-state index is 0.0737. The highest BCUT2D eigenvalue weighted by atomic mass is 16.5. The molecule has 1 N–H and O–H groups in total. The van der Waals surface area contributed by atoms with Crippen molar-refractivity contribution in [2.45, 2.75) is 38.0 Å². The first kappa shape index (κ1) is 20.4. The van der Waals surface area contributed by atoms with Gasteiger partial charge in [-0.1, -0.05) is 60.7 Å². The maximum atomic E-state index is 13.0. The van der Waals surface area contributed by atoms with Gasteiger partial charge < -0.3 is 24.9 Å². The van der Waals surface area contributed by atoms with Gasteiger partial charge in [0.15, 0.2) is 0 Å². The Balaban J connectivity index is 1.69. The van der Waals surface area contributed by atoms with Crippen molar-refractivity contribution in [1.82, 2.24) is 10.2 Å². The van der Waals surface area contributed by atoms with Gasteiger partial charge in [-0.15, -0.1) is 0 Å². The zero-order valence-corrected chi connectivity index (χ0v) is 16.0. The van der Waals surface area contributed by atoms with E-state index in [4.69, 9.17) is 4.74 Å². The van der Waals surface area contributed by atoms with Crippen LogP contribution in [0.3, 0.4) is 0 Å². The van der Waals surface area contributed by atoms with Gasteiger partial charge in [0.2, 0.25) is 5.91 Å². The van der Waals surface area contributed by atoms with Crippen molar-refractivity contribution >= 4 is 18.0 Å². The Morgan fingerprint density at radius 1 is 1.03 bits per heavy atom. The number of carbonyl (C=O) groups excluding carboxylic acids is 3. The van der Waals surface area contributed by atoms with E-state index in [2.05, 4.69) is 5.32 Å². The fourth-order valence-electron chi connectivity index (χ4n) is 3.43. The number of carboxylic acid groups (broad SMARTS) is 1. The fraction of sp³-hybridized carbons (Fsp3) is 0.318. The number of carboxylic acids is 1. The molecule has 7 heteroatoms. The van der Waals surface area contributed by atoms with E-state index in [0.717, 1.165) is 11.1 Å². The highest BCUT2D eigenvalue weighted by Gasteiger charge is 2.34. The smallest absolute Gasteiger partial charge is 0.408 e. The molecule has 0 saturated carbocycles. The molecule has 1 aliphatic rings. The van der Waals surface area contributed by atoms with Crippen molar-refractivity contribution in [1.29, 1.82) is 0 Å². The number of hydrogen-bond donors (Lipinski definition) is 1. The number of likely N-dealkylation sites (tertiary alicyclic amines) is 1. The molecule has 2 atom stereocenters. The molecule has 0 bridgehead atoms. The number of benzene rings is 2. The number of amides is 2. The summed E-state index contributed by atoms with van der Waals surface area (Å²) in [5, 5.41) is 14.0. The molecule has 1 heterocycles. The van der Waals surface area contributed by atoms with Crippen LogP contribution in [0.5, 0.6) is 0 Å². The van der Waals surface area contributed by atoms with Crippen LogP contribution in [0.25, 0.3) is 0 Å². The third-order valence-electron chi connectivity index (χ3n) is 4.89. The van der Waals surface area contributed by atoms with Gasteiger partial charge in [0.25, 0.3) is 0 Å². The molecule has 2 aromatic rings. The molecular weight excluding hydrogens is 372 g/mol. The van der Waals surface area contributed by atoms with E-state index in [1.165, 1.54) is 4.90 Å². The Morgan fingerprint density at radius 2 is 1.66 bits per heavy atom. The second-order valence-electron chi connectivity index (χ2n) is 6.96. The average molecular weight is 395 g/mol. The molecule has 152 valence electrons. The molecule has 0 spiro atoms. The highest BCUT2D eigenvalue weighted by Crippen LogP contribution is 2.19. The summed E-state index contributed by atoms with van der Waals surface area (Å²) in [6.45, 7) is 0.397. The Labute approximate surface area is 169 Å². The molecule has 0 aliphatic carbocycles. The molecule has 7 nitrogen and oxygen atoms in total. The normalized spacial score (nSPS) is 16.8. The van der Waals surface area contributed by atoms with Gasteiger partial charge in [0, 0.05) is 13.0 Å². The quantitative estimate of drug-likeness (QED) is 0.761. The lowest BCUT2D eigenvalue weighted by molar-refractivity contribution is -0.310. The zero-order valence-electron chi connectivity index (χ0n) is 16.0. The topological polar surface area (TPSA) is 98.8 Å². The van der Waals surface area contributed by atoms with Gasteiger partial charge in [0.1, 0.15) is 12.6 Å². The number of carbonyl (C=O) groups is 3. The Kier molecular flexibility index (Phi) is 6.84. The molecule has 2 amide bonds. The summed E-state index contributed by atoms with van der Waals surface area (Å²) in [7, 11) is 0. The number of ether oxygens (including phenoxy) is 1. The molecule has 0 aromatic heterocycles. The second kappa shape index (κ2) is 9.73. The molecular formula is C22H23N2O5-. The van der Waals surface area contributed by atoms with E-state index in [1.54, 1.807) is 0 Å². The summed E-state index contributed by atoms with van der Waals surface area (Å²) in [4.78, 5) is 38.0. The number of alkyl carbamates (subject to hydrolysis) is 1. The third-order valence-corrected chi connectivity index (χ3v) is 4.89. The van der Waals surface area contributed by atoms with E-state index in [-0.39, 0.29) is 13.0 Å². The van der Waals surface area contributed by atoms with E-state index in [9.17, 15) is 19.5 Å². The summed E-state index contributed by atoms with van der Waals surface area (Å²) in [5.41, 5.74) is 1.67. The van der Waals surface area contributed by atoms with Crippen LogP contribution in [0, 0.1) is 0 Å². The van der Waals surface area contributed by atoms with Gasteiger partial charge in [0.05, 0.1) is 12.0 Å². The van der Waals surface area contributed by atoms with Crippen molar-refractivity contribution in [2.75, 3.05) is 6.54 Å².